The van der Waals surface area contributed by atoms with Crippen LogP contribution >= 0.6 is 0 Å². The maximum atomic E-state index is 14.0. The third-order valence-corrected chi connectivity index (χ3v) is 5.22. The molecule has 0 unspecified atom stereocenters. The zero-order valence-corrected chi connectivity index (χ0v) is 15.5. The topological polar surface area (TPSA) is 77.7 Å². The second-order valence-corrected chi connectivity index (χ2v) is 7.08. The third-order valence-electron chi connectivity index (χ3n) is 5.22. The lowest BCUT2D eigenvalue weighted by Crippen LogP contribution is -2.39. The van der Waals surface area contributed by atoms with Gasteiger partial charge >= 0.3 is 0 Å². The molecule has 0 radical (unpaired) electrons. The van der Waals surface area contributed by atoms with Crippen molar-refractivity contribution in [3.63, 3.8) is 0 Å². The Labute approximate surface area is 166 Å². The molecule has 1 amide bonds. The van der Waals surface area contributed by atoms with E-state index in [4.69, 9.17) is 13.9 Å². The van der Waals surface area contributed by atoms with E-state index in [0.717, 1.165) is 18.4 Å². The van der Waals surface area contributed by atoms with Crippen LogP contribution in [0.2, 0.25) is 0 Å². The summed E-state index contributed by atoms with van der Waals surface area (Å²) in [6, 6.07) is 11.5. The van der Waals surface area contributed by atoms with Crippen LogP contribution in [0.1, 0.15) is 35.0 Å². The lowest BCUT2D eigenvalue weighted by molar-refractivity contribution is 0.0693. The minimum atomic E-state index is -0.512. The number of fused-ring (bicyclic) bond motifs is 1. The molecule has 2 aromatic carbocycles. The Morgan fingerprint density at radius 1 is 1.10 bits per heavy atom. The van der Waals surface area contributed by atoms with Gasteiger partial charge in [0.05, 0.1) is 11.5 Å². The van der Waals surface area contributed by atoms with Crippen molar-refractivity contribution >= 4 is 5.91 Å². The van der Waals surface area contributed by atoms with Gasteiger partial charge in [0.2, 0.25) is 18.6 Å². The van der Waals surface area contributed by atoms with E-state index in [2.05, 4.69) is 10.2 Å². The van der Waals surface area contributed by atoms with Crippen molar-refractivity contribution in [1.82, 2.24) is 15.1 Å². The molecule has 0 bridgehead atoms. The summed E-state index contributed by atoms with van der Waals surface area (Å²) in [7, 11) is 0. The number of carbonyl (C=O) groups excluding carboxylic acids is 1. The zero-order chi connectivity index (χ0) is 19.8. The van der Waals surface area contributed by atoms with Crippen molar-refractivity contribution in [2.75, 3.05) is 19.9 Å². The summed E-state index contributed by atoms with van der Waals surface area (Å²) in [6.45, 7) is 1.19. The number of likely N-dealkylation sites (tertiary alicyclic amines) is 1. The maximum absolute atomic E-state index is 14.0. The Bertz CT molecular complexity index is 1070. The Kier molecular flexibility index (Phi) is 4.38. The Morgan fingerprint density at radius 2 is 1.97 bits per heavy atom. The summed E-state index contributed by atoms with van der Waals surface area (Å²) in [5.41, 5.74) is 0.822. The number of carbonyl (C=O) groups is 1. The van der Waals surface area contributed by atoms with Crippen LogP contribution in [0.3, 0.4) is 0 Å². The fraction of sp³-hybridized carbons (Fsp3) is 0.286. The van der Waals surface area contributed by atoms with Crippen molar-refractivity contribution in [3.05, 3.63) is 59.7 Å². The number of nitrogens with zero attached hydrogens (tertiary/aromatic N) is 3. The molecule has 1 saturated heterocycles. The standard InChI is InChI=1S/C21H18FN3O4/c22-16-6-2-1-5-15(16)21(26)25-9-3-4-14(11-25)20-24-23-19(29-20)13-7-8-17-18(10-13)28-12-27-17/h1-2,5-8,10,14H,3-4,9,11-12H2/t14-/m1/s1. The van der Waals surface area contributed by atoms with Crippen molar-refractivity contribution in [3.8, 4) is 23.0 Å². The first kappa shape index (κ1) is 17.7. The Hall–Kier alpha value is -3.42. The molecule has 0 aliphatic carbocycles. The average molecular weight is 395 g/mol. The molecular weight excluding hydrogens is 377 g/mol. The quantitative estimate of drug-likeness (QED) is 0.674. The first-order valence-corrected chi connectivity index (χ1v) is 9.46. The monoisotopic (exact) mass is 395 g/mol. The number of hydrogen-bond acceptors (Lipinski definition) is 6. The predicted octanol–water partition coefficient (Wildman–Crippen LogP) is 3.62. The van der Waals surface area contributed by atoms with E-state index in [0.29, 0.717) is 36.4 Å². The highest BCUT2D eigenvalue weighted by atomic mass is 19.1. The lowest BCUT2D eigenvalue weighted by Gasteiger charge is -2.31. The SMILES string of the molecule is O=C(c1ccccc1F)N1CCC[C@@H](c2nnc(-c3ccc4c(c3)OCO4)o2)C1. The molecule has 1 aromatic heterocycles. The van der Waals surface area contributed by atoms with Crippen LogP contribution in [0.25, 0.3) is 11.5 Å². The molecule has 0 spiro atoms. The average Bonchev–Trinajstić information content (AvgIpc) is 3.43. The van der Waals surface area contributed by atoms with Gasteiger partial charge in [-0.2, -0.15) is 0 Å². The number of hydrogen-bond donors (Lipinski definition) is 0. The highest BCUT2D eigenvalue weighted by molar-refractivity contribution is 5.94. The molecule has 7 nitrogen and oxygen atoms in total. The number of benzene rings is 2. The molecule has 8 heteroatoms. The maximum Gasteiger partial charge on any atom is 0.256 e. The van der Waals surface area contributed by atoms with Gasteiger partial charge in [-0.1, -0.05) is 12.1 Å². The van der Waals surface area contributed by atoms with Crippen molar-refractivity contribution in [1.29, 1.82) is 0 Å². The van der Waals surface area contributed by atoms with E-state index >= 15 is 0 Å². The smallest absolute Gasteiger partial charge is 0.256 e. The van der Waals surface area contributed by atoms with Gasteiger partial charge in [0.15, 0.2) is 11.5 Å². The number of piperidine rings is 1. The van der Waals surface area contributed by atoms with E-state index in [1.165, 1.54) is 12.1 Å². The van der Waals surface area contributed by atoms with Gasteiger partial charge in [-0.3, -0.25) is 4.79 Å². The largest absolute Gasteiger partial charge is 0.454 e. The summed E-state index contributed by atoms with van der Waals surface area (Å²) in [5, 5.41) is 8.35. The molecule has 148 valence electrons. The first-order valence-electron chi connectivity index (χ1n) is 9.46. The third kappa shape index (κ3) is 3.30. The number of halogens is 1. The number of ether oxygens (including phenoxy) is 2. The van der Waals surface area contributed by atoms with Gasteiger partial charge in [0, 0.05) is 18.7 Å². The second kappa shape index (κ2) is 7.20. The van der Waals surface area contributed by atoms with Crippen LogP contribution in [0.5, 0.6) is 11.5 Å². The Balaban J connectivity index is 1.34. The van der Waals surface area contributed by atoms with Gasteiger partial charge < -0.3 is 18.8 Å². The summed E-state index contributed by atoms with van der Waals surface area (Å²) < 4.78 is 30.6. The fourth-order valence-corrected chi connectivity index (χ4v) is 3.71. The van der Waals surface area contributed by atoms with Crippen LogP contribution in [0.4, 0.5) is 4.39 Å². The van der Waals surface area contributed by atoms with Crippen LogP contribution in [0.15, 0.2) is 46.9 Å². The molecule has 1 fully saturated rings. The summed E-state index contributed by atoms with van der Waals surface area (Å²) >= 11 is 0. The van der Waals surface area contributed by atoms with E-state index in [1.807, 2.05) is 6.07 Å². The highest BCUT2D eigenvalue weighted by Crippen LogP contribution is 2.36. The van der Waals surface area contributed by atoms with Crippen molar-refractivity contribution < 1.29 is 23.1 Å². The molecule has 2 aliphatic heterocycles. The number of amides is 1. The molecule has 5 rings (SSSR count). The van der Waals surface area contributed by atoms with E-state index < -0.39 is 5.82 Å². The summed E-state index contributed by atoms with van der Waals surface area (Å²) in [4.78, 5) is 14.4. The minimum Gasteiger partial charge on any atom is -0.454 e. The van der Waals surface area contributed by atoms with Crippen LogP contribution in [0, 0.1) is 5.82 Å². The molecule has 3 heterocycles. The molecule has 29 heavy (non-hydrogen) atoms. The molecule has 0 saturated carbocycles. The predicted molar refractivity (Wildman–Crippen MR) is 100 cm³/mol. The van der Waals surface area contributed by atoms with Crippen LogP contribution in [-0.4, -0.2) is 40.9 Å². The highest BCUT2D eigenvalue weighted by Gasteiger charge is 2.30. The molecular formula is C21H18FN3O4. The minimum absolute atomic E-state index is 0.0831. The lowest BCUT2D eigenvalue weighted by atomic mass is 9.97. The fourth-order valence-electron chi connectivity index (χ4n) is 3.71. The van der Waals surface area contributed by atoms with Crippen molar-refractivity contribution in [2.24, 2.45) is 0 Å². The van der Waals surface area contributed by atoms with Crippen molar-refractivity contribution in [2.45, 2.75) is 18.8 Å². The van der Waals surface area contributed by atoms with Crippen LogP contribution < -0.4 is 9.47 Å². The van der Waals surface area contributed by atoms with Gasteiger partial charge in [0.1, 0.15) is 5.82 Å². The molecule has 3 aromatic rings. The van der Waals surface area contributed by atoms with Crippen LogP contribution in [-0.2, 0) is 0 Å². The number of rotatable bonds is 3. The van der Waals surface area contributed by atoms with Gasteiger partial charge in [-0.25, -0.2) is 4.39 Å². The van der Waals surface area contributed by atoms with Gasteiger partial charge in [-0.15, -0.1) is 10.2 Å². The molecule has 0 N–H and O–H groups in total. The second-order valence-electron chi connectivity index (χ2n) is 7.08. The van der Waals surface area contributed by atoms with E-state index in [9.17, 15) is 9.18 Å². The summed E-state index contributed by atoms with van der Waals surface area (Å²) in [6.07, 6.45) is 1.61. The first-order chi connectivity index (χ1) is 14.2. The number of aromatic nitrogens is 2. The van der Waals surface area contributed by atoms with E-state index in [1.54, 1.807) is 29.2 Å². The van der Waals surface area contributed by atoms with Gasteiger partial charge in [0.25, 0.3) is 5.91 Å². The Morgan fingerprint density at radius 3 is 2.86 bits per heavy atom. The summed E-state index contributed by atoms with van der Waals surface area (Å²) in [5.74, 6) is 1.27. The zero-order valence-electron chi connectivity index (χ0n) is 15.5. The van der Waals surface area contributed by atoms with Gasteiger partial charge in [-0.05, 0) is 43.2 Å². The normalized spacial score (nSPS) is 18.1. The molecule has 2 aliphatic rings. The molecule has 1 atom stereocenters. The van der Waals surface area contributed by atoms with E-state index in [-0.39, 0.29) is 24.2 Å².